The van der Waals surface area contributed by atoms with Gasteiger partial charge in [-0.25, -0.2) is 0 Å². The lowest BCUT2D eigenvalue weighted by atomic mass is 9.98. The third kappa shape index (κ3) is 4.51. The lowest BCUT2D eigenvalue weighted by Crippen LogP contribution is -2.60. The molecule has 0 bridgehead atoms. The third-order valence-electron chi connectivity index (χ3n) is 7.45. The van der Waals surface area contributed by atoms with E-state index in [2.05, 4.69) is 10.2 Å². The van der Waals surface area contributed by atoms with Crippen LogP contribution < -0.4 is 10.1 Å². The molecule has 1 N–H and O–H groups in total. The molecule has 33 heavy (non-hydrogen) atoms. The van der Waals surface area contributed by atoms with E-state index in [0.717, 1.165) is 50.3 Å². The number of nitrogens with zero attached hydrogens (tertiary/aromatic N) is 2. The molecule has 1 aromatic rings. The van der Waals surface area contributed by atoms with Crippen LogP contribution in [0.1, 0.15) is 67.8 Å². The zero-order valence-electron chi connectivity index (χ0n) is 19.3. The highest BCUT2D eigenvalue weighted by molar-refractivity contribution is 6.05. The average molecular weight is 456 g/mol. The summed E-state index contributed by atoms with van der Waals surface area (Å²) in [4.78, 5) is 40.8. The number of hydrogen-bond donors (Lipinski definition) is 1. The molecule has 3 aliphatic heterocycles. The van der Waals surface area contributed by atoms with Gasteiger partial charge in [-0.1, -0.05) is 12.8 Å². The molecule has 3 fully saturated rings. The van der Waals surface area contributed by atoms with E-state index in [0.29, 0.717) is 30.7 Å². The van der Waals surface area contributed by atoms with Crippen molar-refractivity contribution in [1.29, 1.82) is 0 Å². The summed E-state index contributed by atoms with van der Waals surface area (Å²) in [5.74, 6) is -0.0275. The van der Waals surface area contributed by atoms with Crippen LogP contribution in [-0.2, 0) is 20.9 Å². The summed E-state index contributed by atoms with van der Waals surface area (Å²) in [5, 5.41) is 2.35. The van der Waals surface area contributed by atoms with Gasteiger partial charge in [0, 0.05) is 44.3 Å². The average Bonchev–Trinajstić information content (AvgIpc) is 2.92. The Morgan fingerprint density at radius 1 is 1.06 bits per heavy atom. The molecule has 5 rings (SSSR count). The van der Waals surface area contributed by atoms with Gasteiger partial charge >= 0.3 is 0 Å². The number of carbonyl (C=O) groups is 3. The van der Waals surface area contributed by atoms with Crippen molar-refractivity contribution in [2.45, 2.75) is 82.7 Å². The third-order valence-corrected chi connectivity index (χ3v) is 7.45. The van der Waals surface area contributed by atoms with Crippen molar-refractivity contribution in [3.05, 3.63) is 29.3 Å². The van der Waals surface area contributed by atoms with Crippen LogP contribution in [-0.4, -0.2) is 71.5 Å². The van der Waals surface area contributed by atoms with E-state index in [1.807, 2.05) is 25.1 Å². The highest BCUT2D eigenvalue weighted by atomic mass is 16.5. The molecular formula is C25H33N3O5. The summed E-state index contributed by atoms with van der Waals surface area (Å²) in [6.45, 7) is 5.11. The van der Waals surface area contributed by atoms with Crippen LogP contribution in [0.15, 0.2) is 18.2 Å². The van der Waals surface area contributed by atoms with Crippen molar-refractivity contribution in [3.63, 3.8) is 0 Å². The van der Waals surface area contributed by atoms with Gasteiger partial charge in [0.15, 0.2) is 0 Å². The number of amides is 3. The Balaban J connectivity index is 1.27. The normalized spacial score (nSPS) is 28.8. The molecule has 8 heteroatoms. The number of piperidine rings is 1. The smallest absolute Gasteiger partial charge is 0.255 e. The monoisotopic (exact) mass is 455 g/mol. The first-order valence-corrected chi connectivity index (χ1v) is 12.3. The molecule has 178 valence electrons. The molecule has 1 unspecified atom stereocenters. The highest BCUT2D eigenvalue weighted by Gasteiger charge is 2.40. The van der Waals surface area contributed by atoms with Gasteiger partial charge in [0.05, 0.1) is 6.10 Å². The number of likely N-dealkylation sites (tertiary alicyclic amines) is 1. The number of rotatable bonds is 6. The van der Waals surface area contributed by atoms with Crippen molar-refractivity contribution in [1.82, 2.24) is 15.1 Å². The predicted octanol–water partition coefficient (Wildman–Crippen LogP) is 2.25. The second-order valence-electron chi connectivity index (χ2n) is 9.61. The molecule has 0 radical (unpaired) electrons. The highest BCUT2D eigenvalue weighted by Crippen LogP contribution is 2.33. The van der Waals surface area contributed by atoms with Crippen molar-refractivity contribution in [3.8, 4) is 5.75 Å². The predicted molar refractivity (Wildman–Crippen MR) is 121 cm³/mol. The Labute approximate surface area is 194 Å². The minimum Gasteiger partial charge on any atom is -0.489 e. The zero-order valence-corrected chi connectivity index (χ0v) is 19.3. The molecule has 2 saturated heterocycles. The SMILES string of the molecule is CCOC1CN([C@H]2CCCCC[C@@H]2Oc2ccc3c(c2)CN(C2CCC(=O)NC2=O)C3=O)C1. The summed E-state index contributed by atoms with van der Waals surface area (Å²) in [5.41, 5.74) is 1.50. The standard InChI is InChI=1S/C25H33N3O5/c1-2-32-18-14-27(15-18)20-6-4-3-5-7-22(20)33-17-8-9-19-16(12-17)13-28(25(19)31)21-10-11-23(29)26-24(21)30/h8-9,12,18,20-22H,2-7,10-11,13-15H2,1H3,(H,26,29,30)/t20-,21?,22-/m0/s1. The lowest BCUT2D eigenvalue weighted by molar-refractivity contribution is -0.136. The van der Waals surface area contributed by atoms with Gasteiger partial charge in [0.1, 0.15) is 17.9 Å². The molecule has 4 aliphatic rings. The van der Waals surface area contributed by atoms with Crippen molar-refractivity contribution in [2.24, 2.45) is 0 Å². The topological polar surface area (TPSA) is 88.2 Å². The Bertz CT molecular complexity index is 929. The Hall–Kier alpha value is -2.45. The van der Waals surface area contributed by atoms with Gasteiger partial charge in [-0.2, -0.15) is 0 Å². The molecule has 3 heterocycles. The molecule has 3 amide bonds. The first-order valence-electron chi connectivity index (χ1n) is 12.3. The minimum atomic E-state index is -0.595. The molecule has 3 atom stereocenters. The van der Waals surface area contributed by atoms with Crippen LogP contribution in [0.25, 0.3) is 0 Å². The van der Waals surface area contributed by atoms with Gasteiger partial charge in [0.25, 0.3) is 5.91 Å². The van der Waals surface area contributed by atoms with E-state index in [4.69, 9.17) is 9.47 Å². The maximum absolute atomic E-state index is 12.9. The van der Waals surface area contributed by atoms with Gasteiger partial charge < -0.3 is 14.4 Å². The molecule has 1 aromatic carbocycles. The van der Waals surface area contributed by atoms with Gasteiger partial charge in [-0.3, -0.25) is 24.6 Å². The van der Waals surface area contributed by atoms with E-state index in [1.54, 1.807) is 4.90 Å². The van der Waals surface area contributed by atoms with Crippen LogP contribution in [0.5, 0.6) is 5.75 Å². The minimum absolute atomic E-state index is 0.122. The number of ether oxygens (including phenoxy) is 2. The number of nitrogens with one attached hydrogen (secondary N) is 1. The summed E-state index contributed by atoms with van der Waals surface area (Å²) < 4.78 is 12.3. The van der Waals surface area contributed by atoms with E-state index >= 15 is 0 Å². The van der Waals surface area contributed by atoms with Crippen LogP contribution in [0, 0.1) is 0 Å². The van der Waals surface area contributed by atoms with Crippen LogP contribution in [0.4, 0.5) is 0 Å². The maximum atomic E-state index is 12.9. The number of benzene rings is 1. The molecule has 0 spiro atoms. The maximum Gasteiger partial charge on any atom is 0.255 e. The lowest BCUT2D eigenvalue weighted by Gasteiger charge is -2.46. The van der Waals surface area contributed by atoms with E-state index in [1.165, 1.54) is 12.8 Å². The fraction of sp³-hybridized carbons (Fsp3) is 0.640. The van der Waals surface area contributed by atoms with Gasteiger partial charge in [-0.05, 0) is 56.4 Å². The first kappa shape index (κ1) is 22.3. The zero-order chi connectivity index (χ0) is 22.9. The second kappa shape index (κ2) is 9.43. The molecule has 1 saturated carbocycles. The van der Waals surface area contributed by atoms with E-state index in [-0.39, 0.29) is 30.2 Å². The Morgan fingerprint density at radius 3 is 2.67 bits per heavy atom. The number of fused-ring (bicyclic) bond motifs is 1. The Kier molecular flexibility index (Phi) is 6.38. The molecule has 8 nitrogen and oxygen atoms in total. The van der Waals surface area contributed by atoms with E-state index in [9.17, 15) is 14.4 Å². The van der Waals surface area contributed by atoms with Crippen molar-refractivity contribution >= 4 is 17.7 Å². The molecular weight excluding hydrogens is 422 g/mol. The number of hydrogen-bond acceptors (Lipinski definition) is 6. The summed E-state index contributed by atoms with van der Waals surface area (Å²) >= 11 is 0. The number of imide groups is 1. The quantitative estimate of drug-likeness (QED) is 0.523. The summed E-state index contributed by atoms with van der Waals surface area (Å²) in [6.07, 6.45) is 6.87. The van der Waals surface area contributed by atoms with Crippen molar-refractivity contribution < 1.29 is 23.9 Å². The second-order valence-corrected chi connectivity index (χ2v) is 9.61. The van der Waals surface area contributed by atoms with Crippen LogP contribution >= 0.6 is 0 Å². The van der Waals surface area contributed by atoms with Crippen LogP contribution in [0.3, 0.4) is 0 Å². The first-order chi connectivity index (χ1) is 16.0. The Morgan fingerprint density at radius 2 is 1.88 bits per heavy atom. The fourth-order valence-corrected chi connectivity index (χ4v) is 5.69. The largest absolute Gasteiger partial charge is 0.489 e. The fourth-order valence-electron chi connectivity index (χ4n) is 5.69. The van der Waals surface area contributed by atoms with Gasteiger partial charge in [-0.15, -0.1) is 0 Å². The van der Waals surface area contributed by atoms with Crippen molar-refractivity contribution in [2.75, 3.05) is 19.7 Å². The van der Waals surface area contributed by atoms with E-state index < -0.39 is 6.04 Å². The van der Waals surface area contributed by atoms with Crippen LogP contribution in [0.2, 0.25) is 0 Å². The summed E-state index contributed by atoms with van der Waals surface area (Å²) in [6, 6.07) is 5.45. The number of carbonyl (C=O) groups excluding carboxylic acids is 3. The molecule has 0 aromatic heterocycles. The molecule has 1 aliphatic carbocycles. The van der Waals surface area contributed by atoms with Gasteiger partial charge in [0.2, 0.25) is 11.8 Å². The summed E-state index contributed by atoms with van der Waals surface area (Å²) in [7, 11) is 0.